The summed E-state index contributed by atoms with van der Waals surface area (Å²) in [6.45, 7) is 13.2. The number of fused-ring (bicyclic) bond motifs is 3. The van der Waals surface area contributed by atoms with Crippen molar-refractivity contribution >= 4 is 32.7 Å². The summed E-state index contributed by atoms with van der Waals surface area (Å²) in [7, 11) is -3.78. The third-order valence-corrected chi connectivity index (χ3v) is 10.6. The number of rotatable bonds is 6. The third-order valence-electron chi connectivity index (χ3n) is 8.59. The molecule has 3 nitrogen and oxygen atoms in total. The first-order valence-electron chi connectivity index (χ1n) is 11.7. The molecular formula is C27H35IO3S. The average Bonchev–Trinajstić information content (AvgIpc) is 2.78. The Morgan fingerprint density at radius 3 is 2.50 bits per heavy atom. The minimum absolute atomic E-state index is 0.0472. The van der Waals surface area contributed by atoms with Crippen LogP contribution in [0.25, 0.3) is 0 Å². The van der Waals surface area contributed by atoms with E-state index in [1.807, 2.05) is 0 Å². The van der Waals surface area contributed by atoms with Crippen molar-refractivity contribution in [2.24, 2.45) is 28.1 Å². The van der Waals surface area contributed by atoms with Crippen molar-refractivity contribution in [2.45, 2.75) is 63.7 Å². The first-order chi connectivity index (χ1) is 15.1. The molecule has 0 spiro atoms. The minimum Gasteiger partial charge on any atom is -0.266 e. The summed E-state index contributed by atoms with van der Waals surface area (Å²) in [5.41, 5.74) is 1.48. The van der Waals surface area contributed by atoms with Crippen LogP contribution in [0.4, 0.5) is 0 Å². The largest absolute Gasteiger partial charge is 0.296 e. The summed E-state index contributed by atoms with van der Waals surface area (Å²) in [6.07, 6.45) is 14.4. The molecule has 0 amide bonds. The number of hydrogen-bond donors (Lipinski definition) is 0. The Labute approximate surface area is 207 Å². The molecule has 0 N–H and O–H groups in total. The molecule has 3 aliphatic rings. The molecule has 2 unspecified atom stereocenters. The lowest BCUT2D eigenvalue weighted by Crippen LogP contribution is -2.52. The van der Waals surface area contributed by atoms with Crippen LogP contribution in [0.1, 0.15) is 58.8 Å². The molecular weight excluding hydrogens is 531 g/mol. The molecule has 0 aliphatic heterocycles. The van der Waals surface area contributed by atoms with E-state index < -0.39 is 10.1 Å². The van der Waals surface area contributed by atoms with E-state index in [0.717, 1.165) is 48.5 Å². The Kier molecular flexibility index (Phi) is 6.58. The molecule has 2 saturated carbocycles. The number of halogens is 1. The first-order valence-corrected chi connectivity index (χ1v) is 14.2. The molecule has 1 aromatic rings. The fourth-order valence-electron chi connectivity index (χ4n) is 6.75. The van der Waals surface area contributed by atoms with Crippen LogP contribution in [0.3, 0.4) is 0 Å². The van der Waals surface area contributed by atoms with E-state index >= 15 is 0 Å². The maximum Gasteiger partial charge on any atom is 0.296 e. The van der Waals surface area contributed by atoms with Gasteiger partial charge in [-0.25, -0.2) is 0 Å². The highest BCUT2D eigenvalue weighted by atomic mass is 127. The van der Waals surface area contributed by atoms with E-state index in [1.54, 1.807) is 29.8 Å². The molecule has 4 rings (SSSR count). The number of hydrogen-bond acceptors (Lipinski definition) is 3. The Hall–Kier alpha value is -0.920. The maximum absolute atomic E-state index is 12.9. The highest BCUT2D eigenvalue weighted by Crippen LogP contribution is 2.64. The summed E-state index contributed by atoms with van der Waals surface area (Å²) in [5, 5.41) is 0. The molecule has 0 heterocycles. The topological polar surface area (TPSA) is 43.4 Å². The standard InChI is InChI=1S/C27H35IO3S/c1-5-25(3)17-14-23-20(18-25)8-13-24-26(4,15-7-16-27(23,24)6-2)19-31-32(29,30)22-11-9-21(28)10-12-22/h5-6,9-12,14,20,24H,1-2,7-8,13,15-19H2,3-4H3/t20?,24?,25-,26-,27-/m0/s1. The molecule has 0 radical (unpaired) electrons. The van der Waals surface area contributed by atoms with Gasteiger partial charge in [0.1, 0.15) is 0 Å². The van der Waals surface area contributed by atoms with E-state index in [4.69, 9.17) is 4.18 Å². The second-order valence-electron chi connectivity index (χ2n) is 10.7. The number of allylic oxidation sites excluding steroid dienone is 4. The van der Waals surface area contributed by atoms with E-state index in [0.29, 0.717) is 11.8 Å². The summed E-state index contributed by atoms with van der Waals surface area (Å²) >= 11 is 2.17. The van der Waals surface area contributed by atoms with Crippen molar-refractivity contribution < 1.29 is 12.6 Å². The van der Waals surface area contributed by atoms with Crippen LogP contribution in [0.15, 0.2) is 66.1 Å². The Morgan fingerprint density at radius 1 is 1.12 bits per heavy atom. The predicted octanol–water partition coefficient (Wildman–Crippen LogP) is 7.30. The molecule has 0 saturated heterocycles. The van der Waals surface area contributed by atoms with Crippen LogP contribution in [0, 0.1) is 31.7 Å². The third kappa shape index (κ3) is 4.18. The van der Waals surface area contributed by atoms with Gasteiger partial charge in [-0.2, -0.15) is 8.42 Å². The minimum atomic E-state index is -3.78. The lowest BCUT2D eigenvalue weighted by atomic mass is 9.45. The van der Waals surface area contributed by atoms with Crippen molar-refractivity contribution in [1.82, 2.24) is 0 Å². The van der Waals surface area contributed by atoms with E-state index in [9.17, 15) is 8.42 Å². The quantitative estimate of drug-likeness (QED) is 0.206. The van der Waals surface area contributed by atoms with E-state index in [2.05, 4.69) is 67.8 Å². The van der Waals surface area contributed by atoms with Crippen molar-refractivity contribution in [3.8, 4) is 0 Å². The van der Waals surface area contributed by atoms with Crippen molar-refractivity contribution in [3.63, 3.8) is 0 Å². The van der Waals surface area contributed by atoms with E-state index in [1.165, 1.54) is 0 Å². The molecule has 32 heavy (non-hydrogen) atoms. The van der Waals surface area contributed by atoms with Crippen molar-refractivity contribution in [3.05, 3.63) is 64.8 Å². The molecule has 1 aromatic carbocycles. The van der Waals surface area contributed by atoms with Crippen molar-refractivity contribution in [2.75, 3.05) is 6.61 Å². The Balaban J connectivity index is 1.60. The summed E-state index contributed by atoms with van der Waals surface area (Å²) in [4.78, 5) is 0.231. The summed E-state index contributed by atoms with van der Waals surface area (Å²) in [6, 6.07) is 6.86. The summed E-state index contributed by atoms with van der Waals surface area (Å²) in [5.74, 6) is 0.920. The predicted molar refractivity (Wildman–Crippen MR) is 139 cm³/mol. The fraction of sp³-hybridized carbons (Fsp3) is 0.556. The molecule has 5 atom stereocenters. The normalized spacial score (nSPS) is 37.0. The molecule has 174 valence electrons. The summed E-state index contributed by atoms with van der Waals surface area (Å²) < 4.78 is 32.5. The molecule has 0 bridgehead atoms. The second kappa shape index (κ2) is 8.70. The van der Waals surface area contributed by atoms with Gasteiger partial charge in [-0.05, 0) is 108 Å². The Morgan fingerprint density at radius 2 is 1.84 bits per heavy atom. The van der Waals surface area contributed by atoms with Crippen LogP contribution in [0.5, 0.6) is 0 Å². The van der Waals surface area contributed by atoms with E-state index in [-0.39, 0.29) is 27.7 Å². The average molecular weight is 567 g/mol. The zero-order valence-electron chi connectivity index (χ0n) is 19.3. The van der Waals surface area contributed by atoms with Gasteiger partial charge in [0.15, 0.2) is 0 Å². The maximum atomic E-state index is 12.9. The van der Waals surface area contributed by atoms with Gasteiger partial charge in [-0.3, -0.25) is 4.18 Å². The van der Waals surface area contributed by atoms with Gasteiger partial charge < -0.3 is 0 Å². The van der Waals surface area contributed by atoms with Gasteiger partial charge >= 0.3 is 0 Å². The van der Waals surface area contributed by atoms with Crippen molar-refractivity contribution in [1.29, 1.82) is 0 Å². The molecule has 0 aromatic heterocycles. The zero-order chi connectivity index (χ0) is 23.2. The van der Waals surface area contributed by atoms with Crippen LogP contribution < -0.4 is 0 Å². The van der Waals surface area contributed by atoms with Crippen LogP contribution >= 0.6 is 22.6 Å². The van der Waals surface area contributed by atoms with Gasteiger partial charge in [-0.15, -0.1) is 13.2 Å². The fourth-order valence-corrected chi connectivity index (χ4v) is 8.14. The second-order valence-corrected chi connectivity index (χ2v) is 13.5. The first kappa shape index (κ1) is 24.2. The van der Waals surface area contributed by atoms with Gasteiger partial charge in [0, 0.05) is 8.99 Å². The van der Waals surface area contributed by atoms with Gasteiger partial charge in [0.05, 0.1) is 11.5 Å². The van der Waals surface area contributed by atoms with Crippen LogP contribution in [-0.4, -0.2) is 15.0 Å². The monoisotopic (exact) mass is 566 g/mol. The molecule has 3 aliphatic carbocycles. The van der Waals surface area contributed by atoms with Crippen LogP contribution in [-0.2, 0) is 14.3 Å². The highest BCUT2D eigenvalue weighted by molar-refractivity contribution is 14.1. The zero-order valence-corrected chi connectivity index (χ0v) is 22.3. The highest BCUT2D eigenvalue weighted by Gasteiger charge is 2.56. The lowest BCUT2D eigenvalue weighted by Gasteiger charge is -2.59. The number of benzene rings is 1. The van der Waals surface area contributed by atoms with Gasteiger partial charge in [0.2, 0.25) is 0 Å². The smallest absolute Gasteiger partial charge is 0.266 e. The molecule has 5 heteroatoms. The SMILES string of the molecule is C=C[C@@]1(C)CC=C2C(CCC3[C@](C)(COS(=O)(=O)c4ccc(I)cc4)CCC[C@@]23C=C)C1. The Bertz CT molecular complexity index is 1030. The van der Waals surface area contributed by atoms with Crippen LogP contribution in [0.2, 0.25) is 0 Å². The lowest BCUT2D eigenvalue weighted by molar-refractivity contribution is -0.0348. The molecule has 2 fully saturated rings. The van der Waals surface area contributed by atoms with Gasteiger partial charge in [-0.1, -0.05) is 44.1 Å². The van der Waals surface area contributed by atoms with Gasteiger partial charge in [0.25, 0.3) is 10.1 Å².